The molecule has 22 heavy (non-hydrogen) atoms. The van der Waals surface area contributed by atoms with Gasteiger partial charge in [-0.2, -0.15) is 0 Å². The van der Waals surface area contributed by atoms with Crippen LogP contribution in [0.5, 0.6) is 0 Å². The third kappa shape index (κ3) is 5.27. The van der Waals surface area contributed by atoms with Gasteiger partial charge in [0, 0.05) is 25.5 Å². The normalized spacial score (nSPS) is 9.95. The number of hydrogen-bond donors (Lipinski definition) is 1. The van der Waals surface area contributed by atoms with Crippen molar-refractivity contribution in [3.63, 3.8) is 0 Å². The van der Waals surface area contributed by atoms with E-state index in [4.69, 9.17) is 12.2 Å². The van der Waals surface area contributed by atoms with Crippen LogP contribution in [0, 0.1) is 0 Å². The summed E-state index contributed by atoms with van der Waals surface area (Å²) in [5.41, 5.74) is 0.479. The first-order chi connectivity index (χ1) is 10.5. The van der Waals surface area contributed by atoms with Crippen molar-refractivity contribution >= 4 is 45.9 Å². The Morgan fingerprint density at radius 2 is 2.05 bits per heavy atom. The number of ether oxygens (including phenoxy) is 1. The highest BCUT2D eigenvalue weighted by Gasteiger charge is 2.18. The maximum absolute atomic E-state index is 11.7. The number of esters is 1. The van der Waals surface area contributed by atoms with Crippen molar-refractivity contribution in [3.05, 3.63) is 18.5 Å². The van der Waals surface area contributed by atoms with Crippen LogP contribution in [0.15, 0.2) is 23.4 Å². The summed E-state index contributed by atoms with van der Waals surface area (Å²) in [6.45, 7) is 7.42. The van der Waals surface area contributed by atoms with E-state index >= 15 is 0 Å². The molecular weight excluding hydrogens is 322 g/mol. The molecule has 0 aromatic carbocycles. The molecule has 1 aromatic heterocycles. The average Bonchev–Trinajstić information content (AvgIpc) is 2.50. The Balaban J connectivity index is 2.84. The first kappa shape index (κ1) is 18.4. The molecule has 0 aliphatic rings. The third-order valence-corrected chi connectivity index (χ3v) is 4.20. The molecule has 1 aromatic rings. The van der Waals surface area contributed by atoms with Gasteiger partial charge in [0.1, 0.15) is 4.32 Å². The van der Waals surface area contributed by atoms with Crippen LogP contribution in [-0.4, -0.2) is 45.8 Å². The van der Waals surface area contributed by atoms with E-state index < -0.39 is 11.9 Å². The second kappa shape index (κ2) is 9.37. The van der Waals surface area contributed by atoms with Crippen LogP contribution in [0.2, 0.25) is 0 Å². The van der Waals surface area contributed by atoms with Crippen molar-refractivity contribution in [2.75, 3.05) is 25.0 Å². The van der Waals surface area contributed by atoms with E-state index in [0.29, 0.717) is 14.9 Å². The number of anilines is 1. The van der Waals surface area contributed by atoms with Crippen LogP contribution >= 0.6 is 24.0 Å². The predicted octanol–water partition coefficient (Wildman–Crippen LogP) is 2.30. The quantitative estimate of drug-likeness (QED) is 0.381. The molecule has 1 heterocycles. The van der Waals surface area contributed by atoms with E-state index in [1.54, 1.807) is 19.2 Å². The molecule has 120 valence electrons. The van der Waals surface area contributed by atoms with Gasteiger partial charge in [0.25, 0.3) is 0 Å². The summed E-state index contributed by atoms with van der Waals surface area (Å²) in [4.78, 5) is 29.8. The van der Waals surface area contributed by atoms with E-state index in [0.717, 1.165) is 13.1 Å². The molecule has 0 unspecified atom stereocenters. The fourth-order valence-electron chi connectivity index (χ4n) is 1.57. The summed E-state index contributed by atoms with van der Waals surface area (Å²) < 4.78 is 5.35. The molecule has 0 spiro atoms. The topological polar surface area (TPSA) is 71.5 Å². The van der Waals surface area contributed by atoms with E-state index in [1.165, 1.54) is 18.0 Å². The van der Waals surface area contributed by atoms with Crippen LogP contribution in [0.1, 0.15) is 20.8 Å². The Bertz CT molecular complexity index is 548. The number of nitrogens with zero attached hydrogens (tertiary/aromatic N) is 2. The van der Waals surface area contributed by atoms with Gasteiger partial charge in [-0.3, -0.25) is 9.78 Å². The summed E-state index contributed by atoms with van der Waals surface area (Å²) in [7, 11) is 0. The zero-order valence-electron chi connectivity index (χ0n) is 12.8. The highest BCUT2D eigenvalue weighted by atomic mass is 32.2. The van der Waals surface area contributed by atoms with Gasteiger partial charge in [0.05, 0.1) is 17.2 Å². The van der Waals surface area contributed by atoms with E-state index in [1.807, 2.05) is 18.7 Å². The molecule has 1 rings (SSSR count). The van der Waals surface area contributed by atoms with Crippen molar-refractivity contribution in [3.8, 4) is 0 Å². The Hall–Kier alpha value is -1.67. The van der Waals surface area contributed by atoms with E-state index in [-0.39, 0.29) is 6.61 Å². The summed E-state index contributed by atoms with van der Waals surface area (Å²) in [5, 5.41) is 2.52. The molecule has 0 aliphatic carbocycles. The van der Waals surface area contributed by atoms with E-state index in [9.17, 15) is 9.59 Å². The van der Waals surface area contributed by atoms with Gasteiger partial charge >= 0.3 is 11.9 Å². The minimum atomic E-state index is -0.915. The molecule has 6 nitrogen and oxygen atoms in total. The zero-order valence-corrected chi connectivity index (χ0v) is 14.4. The van der Waals surface area contributed by atoms with Gasteiger partial charge < -0.3 is 15.0 Å². The van der Waals surface area contributed by atoms with Gasteiger partial charge in [0.2, 0.25) is 0 Å². The van der Waals surface area contributed by atoms with Gasteiger partial charge in [-0.1, -0.05) is 24.0 Å². The molecule has 0 aliphatic heterocycles. The maximum Gasteiger partial charge on any atom is 0.397 e. The monoisotopic (exact) mass is 341 g/mol. The number of hydrogen-bond acceptors (Lipinski definition) is 6. The molecule has 0 bridgehead atoms. The number of nitrogens with one attached hydrogen (secondary N) is 1. The first-order valence-electron chi connectivity index (χ1n) is 6.92. The predicted molar refractivity (Wildman–Crippen MR) is 90.9 cm³/mol. The minimum absolute atomic E-state index is 0.149. The van der Waals surface area contributed by atoms with Crippen LogP contribution in [0.4, 0.5) is 5.69 Å². The zero-order chi connectivity index (χ0) is 16.5. The van der Waals surface area contributed by atoms with Gasteiger partial charge in [-0.15, -0.1) is 0 Å². The lowest BCUT2D eigenvalue weighted by Crippen LogP contribution is -2.27. The number of thiocarbonyl (C=S) groups is 1. The molecule has 1 N–H and O–H groups in total. The molecule has 0 fully saturated rings. The van der Waals surface area contributed by atoms with Gasteiger partial charge in [0.15, 0.2) is 0 Å². The number of carbonyl (C=O) groups excluding carboxylic acids is 2. The Labute approximate surface area is 139 Å². The van der Waals surface area contributed by atoms with Gasteiger partial charge in [-0.25, -0.2) is 4.79 Å². The third-order valence-electron chi connectivity index (χ3n) is 2.71. The SMILES string of the molecule is CCOC(=O)C(=O)Nc1ccncc1SC(=S)N(CC)CC. The number of pyridine rings is 1. The molecule has 0 saturated carbocycles. The number of thioether (sulfide) groups is 1. The van der Waals surface area contributed by atoms with Crippen molar-refractivity contribution in [2.24, 2.45) is 0 Å². The number of carbonyl (C=O) groups is 2. The Morgan fingerprint density at radius 3 is 2.64 bits per heavy atom. The lowest BCUT2D eigenvalue weighted by atomic mass is 10.4. The van der Waals surface area contributed by atoms with Crippen LogP contribution in [0.3, 0.4) is 0 Å². The molecule has 0 atom stereocenters. The van der Waals surface area contributed by atoms with Crippen molar-refractivity contribution in [2.45, 2.75) is 25.7 Å². The standard InChI is InChI=1S/C14H19N3O3S2/c1-4-17(5-2)14(21)22-11-9-15-8-7-10(11)16-12(18)13(19)20-6-3/h7-9H,4-6H2,1-3H3,(H,15,16,18). The largest absolute Gasteiger partial charge is 0.459 e. The number of aromatic nitrogens is 1. The fourth-order valence-corrected chi connectivity index (χ4v) is 3.02. The van der Waals surface area contributed by atoms with Crippen LogP contribution in [0.25, 0.3) is 0 Å². The van der Waals surface area contributed by atoms with Crippen LogP contribution in [-0.2, 0) is 14.3 Å². The Kier molecular flexibility index (Phi) is 7.83. The molecular formula is C14H19N3O3S2. The molecule has 0 saturated heterocycles. The highest BCUT2D eigenvalue weighted by Crippen LogP contribution is 2.28. The lowest BCUT2D eigenvalue weighted by Gasteiger charge is -2.21. The number of amides is 1. The van der Waals surface area contributed by atoms with Crippen LogP contribution < -0.4 is 5.32 Å². The Morgan fingerprint density at radius 1 is 1.36 bits per heavy atom. The number of rotatable bonds is 5. The minimum Gasteiger partial charge on any atom is -0.459 e. The molecule has 1 amide bonds. The van der Waals surface area contributed by atoms with E-state index in [2.05, 4.69) is 15.0 Å². The highest BCUT2D eigenvalue weighted by molar-refractivity contribution is 8.23. The second-order valence-electron chi connectivity index (χ2n) is 4.09. The maximum atomic E-state index is 11.7. The summed E-state index contributed by atoms with van der Waals surface area (Å²) in [5.74, 6) is -1.73. The van der Waals surface area contributed by atoms with Crippen molar-refractivity contribution in [1.29, 1.82) is 0 Å². The fraction of sp³-hybridized carbons (Fsp3) is 0.429. The summed E-state index contributed by atoms with van der Waals surface area (Å²) >= 11 is 6.70. The van der Waals surface area contributed by atoms with Crippen molar-refractivity contribution in [1.82, 2.24) is 9.88 Å². The van der Waals surface area contributed by atoms with Gasteiger partial charge in [-0.05, 0) is 26.8 Å². The average molecular weight is 341 g/mol. The van der Waals surface area contributed by atoms with Crippen molar-refractivity contribution < 1.29 is 14.3 Å². The first-order valence-corrected chi connectivity index (χ1v) is 8.14. The lowest BCUT2D eigenvalue weighted by molar-refractivity contribution is -0.152. The molecule has 8 heteroatoms. The molecule has 0 radical (unpaired) electrons. The summed E-state index contributed by atoms with van der Waals surface area (Å²) in [6.07, 6.45) is 3.13. The smallest absolute Gasteiger partial charge is 0.397 e. The summed E-state index contributed by atoms with van der Waals surface area (Å²) in [6, 6.07) is 1.62. The second-order valence-corrected chi connectivity index (χ2v) is 5.76.